The third-order valence-electron chi connectivity index (χ3n) is 2.80. The van der Waals surface area contributed by atoms with Gasteiger partial charge in [0, 0.05) is 12.1 Å². The lowest BCUT2D eigenvalue weighted by Crippen LogP contribution is -2.38. The summed E-state index contributed by atoms with van der Waals surface area (Å²) in [5, 5.41) is 4.82. The molecule has 0 fully saturated rings. The Labute approximate surface area is 139 Å². The van der Waals surface area contributed by atoms with Crippen molar-refractivity contribution in [3.63, 3.8) is 0 Å². The molecule has 130 valence electrons. The maximum Gasteiger partial charge on any atom is 0.344 e. The number of ether oxygens (including phenoxy) is 2. The van der Waals surface area contributed by atoms with Crippen LogP contribution in [0.4, 0.5) is 0 Å². The number of ketones is 1. The van der Waals surface area contributed by atoms with Crippen molar-refractivity contribution in [1.29, 1.82) is 0 Å². The number of carbonyl (C=O) groups excluding carboxylic acids is 4. The predicted octanol–water partition coefficient (Wildman–Crippen LogP) is 0.0635. The van der Waals surface area contributed by atoms with Gasteiger partial charge in [0.25, 0.3) is 5.91 Å². The molecule has 0 heterocycles. The minimum Gasteiger partial charge on any atom is -0.482 e. The van der Waals surface area contributed by atoms with Gasteiger partial charge in [-0.3, -0.25) is 14.4 Å². The van der Waals surface area contributed by atoms with Gasteiger partial charge in [-0.25, -0.2) is 4.79 Å². The fraction of sp³-hybridized carbons (Fsp3) is 0.375. The van der Waals surface area contributed by atoms with E-state index >= 15 is 0 Å². The average Bonchev–Trinajstić information content (AvgIpc) is 2.56. The molecule has 0 atom stereocenters. The first kappa shape index (κ1) is 19.1. The molecule has 0 aliphatic carbocycles. The minimum atomic E-state index is -0.723. The normalized spacial score (nSPS) is 9.75. The second-order valence-electron chi connectivity index (χ2n) is 4.76. The summed E-state index contributed by atoms with van der Waals surface area (Å²) in [5.41, 5.74) is 0.536. The smallest absolute Gasteiger partial charge is 0.344 e. The van der Waals surface area contributed by atoms with E-state index in [0.717, 1.165) is 0 Å². The van der Waals surface area contributed by atoms with Crippen LogP contribution in [0.15, 0.2) is 24.3 Å². The van der Waals surface area contributed by atoms with E-state index in [0.29, 0.717) is 17.9 Å². The van der Waals surface area contributed by atoms with Gasteiger partial charge in [-0.05, 0) is 38.1 Å². The lowest BCUT2D eigenvalue weighted by molar-refractivity contribution is -0.150. The van der Waals surface area contributed by atoms with Gasteiger partial charge in [0.2, 0.25) is 5.91 Å². The Balaban J connectivity index is 2.25. The Morgan fingerprint density at radius 1 is 0.958 bits per heavy atom. The van der Waals surface area contributed by atoms with Crippen LogP contribution < -0.4 is 15.4 Å². The highest BCUT2D eigenvalue weighted by molar-refractivity contribution is 5.94. The zero-order chi connectivity index (χ0) is 17.9. The number of Topliss-reactive ketones (excluding diaryl/α,β-unsaturated/α-hetero) is 1. The van der Waals surface area contributed by atoms with Gasteiger partial charge in [-0.1, -0.05) is 0 Å². The van der Waals surface area contributed by atoms with E-state index < -0.39 is 18.5 Å². The van der Waals surface area contributed by atoms with Crippen molar-refractivity contribution in [2.45, 2.75) is 13.8 Å². The number of esters is 1. The molecule has 0 aliphatic rings. The topological polar surface area (TPSA) is 111 Å². The molecule has 0 saturated heterocycles. The molecule has 2 N–H and O–H groups in total. The second kappa shape index (κ2) is 9.98. The van der Waals surface area contributed by atoms with Crippen LogP contribution in [-0.4, -0.2) is 49.9 Å². The van der Waals surface area contributed by atoms with E-state index in [4.69, 9.17) is 9.47 Å². The summed E-state index contributed by atoms with van der Waals surface area (Å²) in [5.74, 6) is -1.30. The number of rotatable bonds is 9. The van der Waals surface area contributed by atoms with Crippen LogP contribution in [0.2, 0.25) is 0 Å². The van der Waals surface area contributed by atoms with E-state index in [9.17, 15) is 19.2 Å². The van der Waals surface area contributed by atoms with Gasteiger partial charge in [0.05, 0.1) is 6.54 Å². The first-order valence-electron chi connectivity index (χ1n) is 7.35. The van der Waals surface area contributed by atoms with E-state index in [1.807, 2.05) is 0 Å². The van der Waals surface area contributed by atoms with Crippen LogP contribution >= 0.6 is 0 Å². The number of hydrogen-bond acceptors (Lipinski definition) is 6. The Hall–Kier alpha value is -2.90. The van der Waals surface area contributed by atoms with Gasteiger partial charge in [-0.15, -0.1) is 0 Å². The van der Waals surface area contributed by atoms with E-state index in [2.05, 4.69) is 10.6 Å². The van der Waals surface area contributed by atoms with Crippen molar-refractivity contribution in [2.75, 3.05) is 26.3 Å². The Kier molecular flexibility index (Phi) is 7.97. The van der Waals surface area contributed by atoms with Crippen molar-refractivity contribution in [1.82, 2.24) is 10.6 Å². The first-order chi connectivity index (χ1) is 11.4. The Morgan fingerprint density at radius 2 is 1.62 bits per heavy atom. The molecule has 0 unspecified atom stereocenters. The highest BCUT2D eigenvalue weighted by Gasteiger charge is 2.10. The number of carbonyl (C=O) groups is 4. The summed E-state index contributed by atoms with van der Waals surface area (Å²) in [6.45, 7) is 2.63. The number of likely N-dealkylation sites (N-methyl/N-ethyl adjacent to an activating group) is 1. The van der Waals surface area contributed by atoms with Crippen molar-refractivity contribution in [2.24, 2.45) is 0 Å². The van der Waals surface area contributed by atoms with Gasteiger partial charge >= 0.3 is 5.97 Å². The third-order valence-corrected chi connectivity index (χ3v) is 2.80. The van der Waals surface area contributed by atoms with Crippen LogP contribution in [0.25, 0.3) is 0 Å². The lowest BCUT2D eigenvalue weighted by atomic mass is 10.1. The molecule has 0 bridgehead atoms. The fourth-order valence-electron chi connectivity index (χ4n) is 1.61. The quantitative estimate of drug-likeness (QED) is 0.487. The van der Waals surface area contributed by atoms with Crippen molar-refractivity contribution in [3.8, 4) is 5.75 Å². The molecule has 0 aliphatic heterocycles. The van der Waals surface area contributed by atoms with E-state index in [-0.39, 0.29) is 24.8 Å². The lowest BCUT2D eigenvalue weighted by Gasteiger charge is -2.08. The summed E-state index contributed by atoms with van der Waals surface area (Å²) in [6.07, 6.45) is 0. The number of nitrogens with one attached hydrogen (secondary N) is 2. The summed E-state index contributed by atoms with van der Waals surface area (Å²) in [4.78, 5) is 45.1. The van der Waals surface area contributed by atoms with Crippen LogP contribution in [0.1, 0.15) is 24.2 Å². The number of benzene rings is 1. The largest absolute Gasteiger partial charge is 0.482 e. The highest BCUT2D eigenvalue weighted by Crippen LogP contribution is 2.12. The zero-order valence-corrected chi connectivity index (χ0v) is 13.6. The molecule has 0 saturated carbocycles. The van der Waals surface area contributed by atoms with E-state index in [1.54, 1.807) is 31.2 Å². The fourth-order valence-corrected chi connectivity index (χ4v) is 1.61. The van der Waals surface area contributed by atoms with Crippen LogP contribution in [-0.2, 0) is 19.1 Å². The second-order valence-corrected chi connectivity index (χ2v) is 4.76. The molecule has 1 aromatic rings. The Morgan fingerprint density at radius 3 is 2.21 bits per heavy atom. The summed E-state index contributed by atoms with van der Waals surface area (Å²) in [6, 6.07) is 6.28. The monoisotopic (exact) mass is 336 g/mol. The third kappa shape index (κ3) is 7.39. The summed E-state index contributed by atoms with van der Waals surface area (Å²) >= 11 is 0. The molecule has 8 nitrogen and oxygen atoms in total. The molecule has 1 rings (SSSR count). The van der Waals surface area contributed by atoms with E-state index in [1.165, 1.54) is 6.92 Å². The molecular weight excluding hydrogens is 316 g/mol. The molecule has 24 heavy (non-hydrogen) atoms. The van der Waals surface area contributed by atoms with Gasteiger partial charge < -0.3 is 20.1 Å². The van der Waals surface area contributed by atoms with Crippen LogP contribution in [0.3, 0.4) is 0 Å². The highest BCUT2D eigenvalue weighted by atomic mass is 16.6. The maximum atomic E-state index is 11.5. The van der Waals surface area contributed by atoms with Crippen LogP contribution in [0, 0.1) is 0 Å². The minimum absolute atomic E-state index is 0.0698. The summed E-state index contributed by atoms with van der Waals surface area (Å²) in [7, 11) is 0. The molecule has 1 aromatic carbocycles. The molecule has 0 spiro atoms. The zero-order valence-electron chi connectivity index (χ0n) is 13.6. The van der Waals surface area contributed by atoms with Gasteiger partial charge in [0.1, 0.15) is 5.75 Å². The molecular formula is C16H20N2O6. The maximum absolute atomic E-state index is 11.5. The average molecular weight is 336 g/mol. The van der Waals surface area contributed by atoms with Gasteiger partial charge in [0.15, 0.2) is 19.0 Å². The van der Waals surface area contributed by atoms with Crippen molar-refractivity contribution in [3.05, 3.63) is 29.8 Å². The SMILES string of the molecule is CCNC(=O)CNC(=O)COC(=O)COc1ccc(C(C)=O)cc1. The number of amides is 2. The molecule has 8 heteroatoms. The Bertz CT molecular complexity index is 597. The van der Waals surface area contributed by atoms with Gasteiger partial charge in [-0.2, -0.15) is 0 Å². The predicted molar refractivity (Wildman–Crippen MR) is 84.6 cm³/mol. The number of hydrogen-bond donors (Lipinski definition) is 2. The first-order valence-corrected chi connectivity index (χ1v) is 7.35. The standard InChI is InChI=1S/C16H20N2O6/c1-3-17-14(20)8-18-15(21)9-24-16(22)10-23-13-6-4-12(5-7-13)11(2)19/h4-7H,3,8-10H2,1-2H3,(H,17,20)(H,18,21). The van der Waals surface area contributed by atoms with Crippen molar-refractivity contribution < 1.29 is 28.7 Å². The van der Waals surface area contributed by atoms with Crippen LogP contribution in [0.5, 0.6) is 5.75 Å². The molecule has 2 amide bonds. The van der Waals surface area contributed by atoms with Crippen molar-refractivity contribution >= 4 is 23.6 Å². The molecule has 0 aromatic heterocycles. The molecule has 0 radical (unpaired) electrons. The summed E-state index contributed by atoms with van der Waals surface area (Å²) < 4.78 is 9.90.